The first-order valence-corrected chi connectivity index (χ1v) is 3.41. The lowest BCUT2D eigenvalue weighted by atomic mass is 10.0. The van der Waals surface area contributed by atoms with E-state index in [0.29, 0.717) is 5.71 Å². The van der Waals surface area contributed by atoms with Gasteiger partial charge in [-0.25, -0.2) is 0 Å². The van der Waals surface area contributed by atoms with Crippen LogP contribution in [0.1, 0.15) is 6.42 Å². The predicted octanol–water partition coefficient (Wildman–Crippen LogP) is 0.184. The van der Waals surface area contributed by atoms with Crippen LogP contribution in [0.3, 0.4) is 0 Å². The Morgan fingerprint density at radius 1 is 1.70 bits per heavy atom. The van der Waals surface area contributed by atoms with Gasteiger partial charge in [-0.05, 0) is 7.05 Å². The summed E-state index contributed by atoms with van der Waals surface area (Å²) in [5.74, 6) is 0. The summed E-state index contributed by atoms with van der Waals surface area (Å²) in [7, 11) is 2.04. The van der Waals surface area contributed by atoms with Crippen LogP contribution in [0.15, 0.2) is 11.8 Å². The summed E-state index contributed by atoms with van der Waals surface area (Å²) >= 11 is 0. The van der Waals surface area contributed by atoms with Gasteiger partial charge in [0.1, 0.15) is 0 Å². The van der Waals surface area contributed by atoms with Gasteiger partial charge in [0.15, 0.2) is 0 Å². The molecule has 3 N–H and O–H groups in total. The molecule has 0 aromatic rings. The zero-order valence-electron chi connectivity index (χ0n) is 6.22. The van der Waals surface area contributed by atoms with Gasteiger partial charge in [-0.3, -0.25) is 0 Å². The van der Waals surface area contributed by atoms with Gasteiger partial charge in [0.25, 0.3) is 0 Å². The fourth-order valence-corrected chi connectivity index (χ4v) is 1.08. The van der Waals surface area contributed by atoms with Crippen molar-refractivity contribution < 1.29 is 0 Å². The molecule has 0 aliphatic carbocycles. The SMILES string of the molecule is CN1CCC(=N)/C(=C\N)C1. The lowest BCUT2D eigenvalue weighted by Crippen LogP contribution is -2.32. The third kappa shape index (κ3) is 1.36. The number of hydrogen-bond donors (Lipinski definition) is 2. The molecule has 0 amide bonds. The molecular formula is C7H13N3. The van der Waals surface area contributed by atoms with Crippen LogP contribution in [0.5, 0.6) is 0 Å². The maximum absolute atomic E-state index is 7.46. The van der Waals surface area contributed by atoms with Crippen molar-refractivity contribution in [2.24, 2.45) is 5.73 Å². The quantitative estimate of drug-likeness (QED) is 0.503. The first kappa shape index (κ1) is 7.28. The minimum atomic E-state index is 0.695. The van der Waals surface area contributed by atoms with Crippen LogP contribution >= 0.6 is 0 Å². The average molecular weight is 139 g/mol. The van der Waals surface area contributed by atoms with E-state index in [4.69, 9.17) is 11.1 Å². The molecule has 0 aromatic heterocycles. The molecule has 1 saturated heterocycles. The zero-order chi connectivity index (χ0) is 7.56. The Balaban J connectivity index is 2.63. The third-order valence-electron chi connectivity index (χ3n) is 1.77. The zero-order valence-corrected chi connectivity index (χ0v) is 6.22. The number of likely N-dealkylation sites (N-methyl/N-ethyl adjacent to an activating group) is 1. The minimum Gasteiger partial charge on any atom is -0.404 e. The van der Waals surface area contributed by atoms with Crippen LogP contribution in [0.4, 0.5) is 0 Å². The van der Waals surface area contributed by atoms with Crippen molar-refractivity contribution >= 4 is 5.71 Å². The van der Waals surface area contributed by atoms with Gasteiger partial charge in [-0.1, -0.05) is 0 Å². The van der Waals surface area contributed by atoms with Gasteiger partial charge in [0, 0.05) is 37.0 Å². The van der Waals surface area contributed by atoms with E-state index in [9.17, 15) is 0 Å². The second kappa shape index (κ2) is 2.84. The van der Waals surface area contributed by atoms with Gasteiger partial charge in [-0.2, -0.15) is 0 Å². The van der Waals surface area contributed by atoms with Crippen LogP contribution in [0, 0.1) is 5.41 Å². The van der Waals surface area contributed by atoms with Gasteiger partial charge < -0.3 is 16.0 Å². The maximum Gasteiger partial charge on any atom is 0.0386 e. The van der Waals surface area contributed by atoms with E-state index in [-0.39, 0.29) is 0 Å². The van der Waals surface area contributed by atoms with E-state index in [1.165, 1.54) is 6.20 Å². The monoisotopic (exact) mass is 139 g/mol. The molecule has 1 heterocycles. The molecule has 1 aliphatic rings. The molecular weight excluding hydrogens is 126 g/mol. The van der Waals surface area contributed by atoms with Gasteiger partial charge in [-0.15, -0.1) is 0 Å². The average Bonchev–Trinajstić information content (AvgIpc) is 1.94. The van der Waals surface area contributed by atoms with E-state index in [0.717, 1.165) is 25.1 Å². The maximum atomic E-state index is 7.46. The van der Waals surface area contributed by atoms with Crippen molar-refractivity contribution in [1.82, 2.24) is 4.90 Å². The van der Waals surface area contributed by atoms with Crippen LogP contribution in [0.2, 0.25) is 0 Å². The van der Waals surface area contributed by atoms with Gasteiger partial charge in [0.2, 0.25) is 0 Å². The predicted molar refractivity (Wildman–Crippen MR) is 42.1 cm³/mol. The van der Waals surface area contributed by atoms with E-state index in [2.05, 4.69) is 4.90 Å². The number of rotatable bonds is 0. The number of likely N-dealkylation sites (tertiary alicyclic amines) is 1. The normalized spacial score (nSPS) is 25.7. The van der Waals surface area contributed by atoms with Crippen LogP contribution in [-0.2, 0) is 0 Å². The highest BCUT2D eigenvalue weighted by Crippen LogP contribution is 2.08. The Morgan fingerprint density at radius 3 is 2.90 bits per heavy atom. The molecule has 3 nitrogen and oxygen atoms in total. The molecule has 0 saturated carbocycles. The van der Waals surface area contributed by atoms with Gasteiger partial charge >= 0.3 is 0 Å². The van der Waals surface area contributed by atoms with Crippen molar-refractivity contribution in [3.63, 3.8) is 0 Å². The summed E-state index contributed by atoms with van der Waals surface area (Å²) in [5, 5.41) is 7.46. The first-order valence-electron chi connectivity index (χ1n) is 3.41. The summed E-state index contributed by atoms with van der Waals surface area (Å²) in [6, 6.07) is 0. The van der Waals surface area contributed by atoms with Gasteiger partial charge in [0.05, 0.1) is 0 Å². The molecule has 0 spiro atoms. The standard InChI is InChI=1S/C7H13N3/c1-10-3-2-7(9)6(4-8)5-10/h4,9H,2-3,5,8H2,1H3/b6-4-,9-7?. The number of nitrogens with one attached hydrogen (secondary N) is 1. The smallest absolute Gasteiger partial charge is 0.0386 e. The highest BCUT2D eigenvalue weighted by molar-refractivity contribution is 5.98. The Kier molecular flexibility index (Phi) is 2.06. The van der Waals surface area contributed by atoms with E-state index < -0.39 is 0 Å². The van der Waals surface area contributed by atoms with Crippen LogP contribution in [0.25, 0.3) is 0 Å². The molecule has 1 fully saturated rings. The Hall–Kier alpha value is -0.830. The number of nitrogens with two attached hydrogens (primary N) is 1. The molecule has 0 atom stereocenters. The summed E-state index contributed by atoms with van der Waals surface area (Å²) in [4.78, 5) is 2.16. The topological polar surface area (TPSA) is 53.1 Å². The van der Waals surface area contributed by atoms with Crippen LogP contribution in [-0.4, -0.2) is 30.7 Å². The van der Waals surface area contributed by atoms with E-state index >= 15 is 0 Å². The molecule has 0 radical (unpaired) electrons. The number of nitrogens with zero attached hydrogens (tertiary/aromatic N) is 1. The molecule has 1 aliphatic heterocycles. The van der Waals surface area contributed by atoms with Crippen molar-refractivity contribution in [3.8, 4) is 0 Å². The van der Waals surface area contributed by atoms with E-state index in [1.54, 1.807) is 0 Å². The second-order valence-electron chi connectivity index (χ2n) is 2.66. The molecule has 56 valence electrons. The summed E-state index contributed by atoms with van der Waals surface area (Å²) in [6.45, 7) is 1.81. The van der Waals surface area contributed by atoms with Crippen molar-refractivity contribution in [2.75, 3.05) is 20.1 Å². The summed E-state index contributed by atoms with van der Waals surface area (Å²) < 4.78 is 0. The largest absolute Gasteiger partial charge is 0.404 e. The fourth-order valence-electron chi connectivity index (χ4n) is 1.08. The Morgan fingerprint density at radius 2 is 2.40 bits per heavy atom. The Labute approximate surface area is 61.0 Å². The summed E-state index contributed by atoms with van der Waals surface area (Å²) in [6.07, 6.45) is 2.37. The highest BCUT2D eigenvalue weighted by Gasteiger charge is 2.14. The molecule has 1 rings (SSSR count). The first-order chi connectivity index (χ1) is 4.74. The lowest BCUT2D eigenvalue weighted by Gasteiger charge is -2.24. The van der Waals surface area contributed by atoms with Crippen LogP contribution < -0.4 is 5.73 Å². The molecule has 0 aromatic carbocycles. The van der Waals surface area contributed by atoms with Crippen molar-refractivity contribution in [2.45, 2.75) is 6.42 Å². The number of piperidine rings is 1. The molecule has 0 bridgehead atoms. The van der Waals surface area contributed by atoms with Crippen molar-refractivity contribution in [3.05, 3.63) is 11.8 Å². The fraction of sp³-hybridized carbons (Fsp3) is 0.571. The Bertz CT molecular complexity index is 172. The second-order valence-corrected chi connectivity index (χ2v) is 2.66. The molecule has 3 heteroatoms. The molecule has 0 unspecified atom stereocenters. The third-order valence-corrected chi connectivity index (χ3v) is 1.77. The van der Waals surface area contributed by atoms with Crippen molar-refractivity contribution in [1.29, 1.82) is 5.41 Å². The number of hydrogen-bond acceptors (Lipinski definition) is 3. The highest BCUT2D eigenvalue weighted by atomic mass is 15.1. The summed E-state index contributed by atoms with van der Waals surface area (Å²) in [5.41, 5.74) is 6.99. The molecule has 10 heavy (non-hydrogen) atoms. The minimum absolute atomic E-state index is 0.695. The van der Waals surface area contributed by atoms with E-state index in [1.807, 2.05) is 7.05 Å². The lowest BCUT2D eigenvalue weighted by molar-refractivity contribution is 0.364.